The van der Waals surface area contributed by atoms with Crippen molar-refractivity contribution in [3.05, 3.63) is 35.4 Å². The summed E-state index contributed by atoms with van der Waals surface area (Å²) in [6, 6.07) is 8.03. The maximum Gasteiger partial charge on any atom is 0.194 e. The van der Waals surface area contributed by atoms with E-state index in [1.54, 1.807) is 0 Å². The zero-order valence-electron chi connectivity index (χ0n) is 15.3. The highest BCUT2D eigenvalue weighted by Gasteiger charge is 2.38. The van der Waals surface area contributed by atoms with Crippen LogP contribution in [-0.2, 0) is 13.2 Å². The highest BCUT2D eigenvalue weighted by Crippen LogP contribution is 2.42. The molecule has 0 bridgehead atoms. The summed E-state index contributed by atoms with van der Waals surface area (Å²) in [5.74, 6) is 2.22. The summed E-state index contributed by atoms with van der Waals surface area (Å²) < 4.78 is 0.440. The predicted molar refractivity (Wildman–Crippen MR) is 107 cm³/mol. The number of benzene rings is 1. The quantitative estimate of drug-likeness (QED) is 0.637. The number of thioether (sulfide) groups is 1. The van der Waals surface area contributed by atoms with Crippen molar-refractivity contribution in [2.24, 2.45) is 4.99 Å². The molecule has 25 heavy (non-hydrogen) atoms. The molecule has 3 rings (SSSR count). The minimum absolute atomic E-state index is 0.0751. The molecular weight excluding hydrogens is 330 g/mol. The molecule has 0 atom stereocenters. The molecule has 1 aromatic rings. The molecule has 2 fully saturated rings. The Labute approximate surface area is 156 Å². The fourth-order valence-corrected chi connectivity index (χ4v) is 5.55. The van der Waals surface area contributed by atoms with E-state index in [1.807, 2.05) is 18.2 Å². The van der Waals surface area contributed by atoms with Gasteiger partial charge in [0.05, 0.1) is 13.2 Å². The maximum atomic E-state index is 9.52. The van der Waals surface area contributed by atoms with Crippen molar-refractivity contribution < 1.29 is 5.11 Å². The average Bonchev–Trinajstić information content (AvgIpc) is 2.66. The number of aliphatic hydroxyl groups excluding tert-OH is 1. The highest BCUT2D eigenvalue weighted by molar-refractivity contribution is 8.00. The number of guanidine groups is 1. The van der Waals surface area contributed by atoms with Gasteiger partial charge in [0.15, 0.2) is 5.96 Å². The highest BCUT2D eigenvalue weighted by atomic mass is 32.2. The number of rotatable bonds is 4. The Balaban J connectivity index is 1.73. The molecular formula is C20H31N3OS. The zero-order chi connectivity index (χ0) is 17.5. The second-order valence-corrected chi connectivity index (χ2v) is 8.67. The molecule has 2 N–H and O–H groups in total. The lowest BCUT2D eigenvalue weighted by Gasteiger charge is -2.45. The van der Waals surface area contributed by atoms with Crippen LogP contribution in [0.4, 0.5) is 0 Å². The van der Waals surface area contributed by atoms with Gasteiger partial charge in [0.1, 0.15) is 0 Å². The lowest BCUT2D eigenvalue weighted by Crippen LogP contribution is -2.53. The van der Waals surface area contributed by atoms with Gasteiger partial charge in [-0.2, -0.15) is 11.8 Å². The van der Waals surface area contributed by atoms with Gasteiger partial charge in [0.25, 0.3) is 0 Å². The van der Waals surface area contributed by atoms with E-state index in [-0.39, 0.29) is 6.61 Å². The van der Waals surface area contributed by atoms with Gasteiger partial charge in [0, 0.05) is 30.1 Å². The molecule has 0 amide bonds. The van der Waals surface area contributed by atoms with E-state index in [1.165, 1.54) is 37.9 Å². The lowest BCUT2D eigenvalue weighted by molar-refractivity contribution is 0.280. The number of nitrogens with one attached hydrogen (secondary N) is 1. The van der Waals surface area contributed by atoms with Gasteiger partial charge in [-0.15, -0.1) is 0 Å². The summed E-state index contributed by atoms with van der Waals surface area (Å²) >= 11 is 2.19. The Kier molecular flexibility index (Phi) is 6.65. The van der Waals surface area contributed by atoms with Crippen LogP contribution in [0.15, 0.2) is 29.3 Å². The maximum absolute atomic E-state index is 9.52. The van der Waals surface area contributed by atoms with E-state index in [0.717, 1.165) is 36.7 Å². The van der Waals surface area contributed by atoms with E-state index in [9.17, 15) is 5.11 Å². The van der Waals surface area contributed by atoms with Crippen molar-refractivity contribution in [2.75, 3.05) is 25.4 Å². The minimum atomic E-state index is 0.0751. The summed E-state index contributed by atoms with van der Waals surface area (Å²) in [6.07, 6.45) is 6.84. The van der Waals surface area contributed by atoms with Crippen molar-refractivity contribution in [3.63, 3.8) is 0 Å². The third-order valence-corrected chi connectivity index (χ3v) is 6.87. The van der Waals surface area contributed by atoms with Crippen LogP contribution in [0.2, 0.25) is 0 Å². The van der Waals surface area contributed by atoms with Crippen LogP contribution in [0.1, 0.15) is 50.2 Å². The van der Waals surface area contributed by atoms with Gasteiger partial charge in [-0.1, -0.05) is 43.5 Å². The monoisotopic (exact) mass is 361 g/mol. The molecule has 1 spiro atoms. The average molecular weight is 362 g/mol. The molecule has 138 valence electrons. The van der Waals surface area contributed by atoms with Crippen LogP contribution in [0, 0.1) is 0 Å². The summed E-state index contributed by atoms with van der Waals surface area (Å²) in [6.45, 7) is 5.90. The SMILES string of the molecule is CCNC(=NCc1ccccc1CO)N1CCSC2(CCCCC2)C1. The Hall–Kier alpha value is -1.20. The van der Waals surface area contributed by atoms with Crippen molar-refractivity contribution in [2.45, 2.75) is 56.9 Å². The molecule has 0 radical (unpaired) electrons. The molecule has 1 saturated heterocycles. The van der Waals surface area contributed by atoms with Crippen LogP contribution in [-0.4, -0.2) is 46.1 Å². The van der Waals surface area contributed by atoms with Crippen LogP contribution in [0.25, 0.3) is 0 Å². The molecule has 0 unspecified atom stereocenters. The minimum Gasteiger partial charge on any atom is -0.392 e. The standard InChI is InChI=1S/C20H31N3OS/c1-2-21-19(22-14-17-8-4-5-9-18(17)15-24)23-12-13-25-20(16-23)10-6-3-7-11-20/h4-5,8-9,24H,2-3,6-7,10-16H2,1H3,(H,21,22). The molecule has 4 nitrogen and oxygen atoms in total. The van der Waals surface area contributed by atoms with Crippen LogP contribution in [0.5, 0.6) is 0 Å². The predicted octanol–water partition coefficient (Wildman–Crippen LogP) is 3.40. The fourth-order valence-electron chi connectivity index (χ4n) is 3.98. The first-order valence-electron chi connectivity index (χ1n) is 9.61. The zero-order valence-corrected chi connectivity index (χ0v) is 16.2. The molecule has 1 saturated carbocycles. The molecule has 1 aliphatic heterocycles. The molecule has 1 heterocycles. The number of aliphatic imine (C=N–C) groups is 1. The number of nitrogens with zero attached hydrogens (tertiary/aromatic N) is 2. The Morgan fingerprint density at radius 3 is 2.72 bits per heavy atom. The van der Waals surface area contributed by atoms with E-state index < -0.39 is 0 Å². The third kappa shape index (κ3) is 4.70. The second kappa shape index (κ2) is 8.95. The molecule has 2 aliphatic rings. The van der Waals surface area contributed by atoms with Crippen LogP contribution >= 0.6 is 11.8 Å². The fraction of sp³-hybridized carbons (Fsp3) is 0.650. The third-order valence-electron chi connectivity index (χ3n) is 5.34. The largest absolute Gasteiger partial charge is 0.392 e. The summed E-state index contributed by atoms with van der Waals surface area (Å²) in [5.41, 5.74) is 2.08. The Morgan fingerprint density at radius 1 is 1.24 bits per heavy atom. The van der Waals surface area contributed by atoms with E-state index in [4.69, 9.17) is 4.99 Å². The van der Waals surface area contributed by atoms with Crippen molar-refractivity contribution >= 4 is 17.7 Å². The summed E-state index contributed by atoms with van der Waals surface area (Å²) in [4.78, 5) is 7.37. The first-order chi connectivity index (χ1) is 12.3. The topological polar surface area (TPSA) is 47.9 Å². The van der Waals surface area contributed by atoms with Crippen molar-refractivity contribution in [1.82, 2.24) is 10.2 Å². The van der Waals surface area contributed by atoms with E-state index in [2.05, 4.69) is 35.0 Å². The van der Waals surface area contributed by atoms with Gasteiger partial charge in [0.2, 0.25) is 0 Å². The first kappa shape index (κ1) is 18.6. The summed E-state index contributed by atoms with van der Waals surface area (Å²) in [5, 5.41) is 13.0. The molecule has 1 aromatic carbocycles. The van der Waals surface area contributed by atoms with Gasteiger partial charge in [-0.3, -0.25) is 0 Å². The molecule has 5 heteroatoms. The van der Waals surface area contributed by atoms with Crippen molar-refractivity contribution in [3.8, 4) is 0 Å². The smallest absolute Gasteiger partial charge is 0.194 e. The normalized spacial score (nSPS) is 20.7. The van der Waals surface area contributed by atoms with Crippen LogP contribution < -0.4 is 5.32 Å². The van der Waals surface area contributed by atoms with E-state index in [0.29, 0.717) is 11.3 Å². The number of hydrogen-bond acceptors (Lipinski definition) is 3. The van der Waals surface area contributed by atoms with E-state index >= 15 is 0 Å². The molecule has 0 aromatic heterocycles. The second-order valence-electron chi connectivity index (χ2n) is 7.11. The number of hydrogen-bond donors (Lipinski definition) is 2. The number of aliphatic hydroxyl groups is 1. The first-order valence-corrected chi connectivity index (χ1v) is 10.6. The van der Waals surface area contributed by atoms with Gasteiger partial charge < -0.3 is 15.3 Å². The van der Waals surface area contributed by atoms with Crippen molar-refractivity contribution in [1.29, 1.82) is 0 Å². The van der Waals surface area contributed by atoms with Gasteiger partial charge >= 0.3 is 0 Å². The van der Waals surface area contributed by atoms with Crippen LogP contribution in [0.3, 0.4) is 0 Å². The Morgan fingerprint density at radius 2 is 2.00 bits per heavy atom. The molecule has 1 aliphatic carbocycles. The van der Waals surface area contributed by atoms with Gasteiger partial charge in [-0.05, 0) is 30.9 Å². The summed E-state index contributed by atoms with van der Waals surface area (Å²) in [7, 11) is 0. The Bertz CT molecular complexity index is 579. The van der Waals surface area contributed by atoms with Gasteiger partial charge in [-0.25, -0.2) is 4.99 Å². The lowest BCUT2D eigenvalue weighted by atomic mass is 9.87.